The van der Waals surface area contributed by atoms with Crippen LogP contribution in [0.4, 0.5) is 0 Å². The minimum absolute atomic E-state index is 0.280. The Morgan fingerprint density at radius 1 is 0.870 bits per heavy atom. The van der Waals surface area contributed by atoms with E-state index in [0.717, 1.165) is 5.56 Å². The lowest BCUT2D eigenvalue weighted by Gasteiger charge is -2.15. The van der Waals surface area contributed by atoms with E-state index in [4.69, 9.17) is 14.2 Å². The van der Waals surface area contributed by atoms with Crippen molar-refractivity contribution in [2.75, 3.05) is 14.2 Å². The highest BCUT2D eigenvalue weighted by atomic mass is 16.5. The lowest BCUT2D eigenvalue weighted by molar-refractivity contribution is 0.352. The van der Waals surface area contributed by atoms with Crippen molar-refractivity contribution in [3.8, 4) is 23.0 Å². The molecule has 23 heavy (non-hydrogen) atoms. The Bertz CT molecular complexity index is 670. The van der Waals surface area contributed by atoms with Crippen molar-refractivity contribution < 1.29 is 24.3 Å². The molecule has 0 bridgehead atoms. The third-order valence-corrected chi connectivity index (χ3v) is 3.56. The van der Waals surface area contributed by atoms with Crippen LogP contribution in [0.25, 0.3) is 0 Å². The van der Waals surface area contributed by atoms with Crippen LogP contribution in [-0.4, -0.2) is 31.4 Å². The summed E-state index contributed by atoms with van der Waals surface area (Å²) < 4.78 is 16.2. The number of ether oxygens (including phenoxy) is 3. The smallest absolute Gasteiger partial charge is 0.492 e. The predicted molar refractivity (Wildman–Crippen MR) is 90.0 cm³/mol. The van der Waals surface area contributed by atoms with Gasteiger partial charge in [-0.2, -0.15) is 0 Å². The second-order valence-electron chi connectivity index (χ2n) is 5.44. The molecular weight excluding hydrogens is 295 g/mol. The Morgan fingerprint density at radius 3 is 2.09 bits per heavy atom. The Morgan fingerprint density at radius 2 is 1.52 bits per heavy atom. The van der Waals surface area contributed by atoms with Crippen LogP contribution >= 0.6 is 0 Å². The van der Waals surface area contributed by atoms with Gasteiger partial charge in [0.1, 0.15) is 11.5 Å². The quantitative estimate of drug-likeness (QED) is 0.801. The van der Waals surface area contributed by atoms with Gasteiger partial charge in [0.05, 0.1) is 14.2 Å². The summed E-state index contributed by atoms with van der Waals surface area (Å²) in [5.74, 6) is 2.31. The molecule has 2 rings (SSSR count). The fourth-order valence-corrected chi connectivity index (χ4v) is 2.23. The van der Waals surface area contributed by atoms with Crippen LogP contribution < -0.4 is 19.7 Å². The Kier molecular flexibility index (Phi) is 5.52. The topological polar surface area (TPSA) is 68.2 Å². The van der Waals surface area contributed by atoms with Crippen LogP contribution in [0.1, 0.15) is 25.3 Å². The van der Waals surface area contributed by atoms with E-state index in [1.165, 1.54) is 0 Å². The molecule has 0 heterocycles. The number of benzene rings is 2. The molecule has 0 atom stereocenters. The molecule has 2 N–H and O–H groups in total. The summed E-state index contributed by atoms with van der Waals surface area (Å²) in [4.78, 5) is 0. The monoisotopic (exact) mass is 316 g/mol. The molecule has 0 unspecified atom stereocenters. The summed E-state index contributed by atoms with van der Waals surface area (Å²) in [6.45, 7) is 4.08. The van der Waals surface area contributed by atoms with Gasteiger partial charge in [0, 0.05) is 11.5 Å². The number of methoxy groups -OCH3 is 2. The zero-order valence-corrected chi connectivity index (χ0v) is 13.7. The molecule has 2 aromatic rings. The average molecular weight is 316 g/mol. The molecule has 0 saturated heterocycles. The Hall–Kier alpha value is -2.18. The largest absolute Gasteiger partial charge is 0.493 e. The minimum Gasteiger partial charge on any atom is -0.493 e. The van der Waals surface area contributed by atoms with Crippen molar-refractivity contribution >= 4 is 12.6 Å². The molecule has 2 aromatic carbocycles. The fourth-order valence-electron chi connectivity index (χ4n) is 2.23. The van der Waals surface area contributed by atoms with Gasteiger partial charge in [0.15, 0.2) is 11.5 Å². The van der Waals surface area contributed by atoms with Gasteiger partial charge in [-0.15, -0.1) is 0 Å². The number of hydrogen-bond acceptors (Lipinski definition) is 5. The van der Waals surface area contributed by atoms with Crippen molar-refractivity contribution in [2.45, 2.75) is 19.8 Å². The third kappa shape index (κ3) is 3.97. The first kappa shape index (κ1) is 17.2. The second kappa shape index (κ2) is 7.39. The molecule has 0 amide bonds. The van der Waals surface area contributed by atoms with Gasteiger partial charge in [-0.05, 0) is 29.7 Å². The van der Waals surface area contributed by atoms with Crippen LogP contribution in [0, 0.1) is 0 Å². The van der Waals surface area contributed by atoms with Crippen molar-refractivity contribution in [2.24, 2.45) is 0 Å². The molecule has 0 aliphatic heterocycles. The van der Waals surface area contributed by atoms with E-state index in [-0.39, 0.29) is 5.92 Å². The van der Waals surface area contributed by atoms with E-state index in [0.29, 0.717) is 28.5 Å². The molecule has 0 aliphatic carbocycles. The van der Waals surface area contributed by atoms with Crippen LogP contribution in [0.3, 0.4) is 0 Å². The van der Waals surface area contributed by atoms with Gasteiger partial charge in [-0.1, -0.05) is 26.0 Å². The summed E-state index contributed by atoms with van der Waals surface area (Å²) in [5.41, 5.74) is 1.33. The maximum atomic E-state index is 9.60. The SMILES string of the molecule is COc1ccc(Oc2ccc(C(C)C)cc2B(O)O)cc1OC. The van der Waals surface area contributed by atoms with E-state index in [1.807, 2.05) is 19.9 Å². The summed E-state index contributed by atoms with van der Waals surface area (Å²) >= 11 is 0. The van der Waals surface area contributed by atoms with Gasteiger partial charge in [0.25, 0.3) is 0 Å². The van der Waals surface area contributed by atoms with Crippen molar-refractivity contribution in [3.05, 3.63) is 42.0 Å². The van der Waals surface area contributed by atoms with Gasteiger partial charge < -0.3 is 24.3 Å². The van der Waals surface area contributed by atoms with Crippen molar-refractivity contribution in [1.29, 1.82) is 0 Å². The molecule has 0 fully saturated rings. The van der Waals surface area contributed by atoms with Crippen LogP contribution in [-0.2, 0) is 0 Å². The fraction of sp³-hybridized carbons (Fsp3) is 0.294. The summed E-state index contributed by atoms with van der Waals surface area (Å²) in [7, 11) is 1.49. The van der Waals surface area contributed by atoms with E-state index < -0.39 is 7.12 Å². The molecule has 6 heteroatoms. The molecular formula is C17H21BO5. The van der Waals surface area contributed by atoms with E-state index in [1.54, 1.807) is 44.6 Å². The normalized spacial score (nSPS) is 10.6. The van der Waals surface area contributed by atoms with Gasteiger partial charge in [-0.3, -0.25) is 0 Å². The van der Waals surface area contributed by atoms with Crippen LogP contribution in [0.15, 0.2) is 36.4 Å². The Labute approximate surface area is 136 Å². The van der Waals surface area contributed by atoms with Crippen LogP contribution in [0.5, 0.6) is 23.0 Å². The molecule has 0 spiro atoms. The molecule has 0 aliphatic rings. The first-order valence-corrected chi connectivity index (χ1v) is 7.36. The molecule has 0 radical (unpaired) electrons. The standard InChI is InChI=1S/C17H21BO5/c1-11(2)12-5-7-15(14(9-12)18(19)20)23-13-6-8-16(21-3)17(10-13)22-4/h5-11,19-20H,1-4H3. The zero-order valence-electron chi connectivity index (χ0n) is 13.7. The number of hydrogen-bond donors (Lipinski definition) is 2. The molecule has 5 nitrogen and oxygen atoms in total. The maximum Gasteiger partial charge on any atom is 0.492 e. The summed E-state index contributed by atoms with van der Waals surface area (Å²) in [5, 5.41) is 19.2. The summed E-state index contributed by atoms with van der Waals surface area (Å²) in [6.07, 6.45) is 0. The highest BCUT2D eigenvalue weighted by Crippen LogP contribution is 2.33. The molecule has 122 valence electrons. The van der Waals surface area contributed by atoms with Crippen molar-refractivity contribution in [3.63, 3.8) is 0 Å². The first-order valence-electron chi connectivity index (χ1n) is 7.36. The van der Waals surface area contributed by atoms with Crippen LogP contribution in [0.2, 0.25) is 0 Å². The van der Waals surface area contributed by atoms with E-state index in [9.17, 15) is 10.0 Å². The summed E-state index contributed by atoms with van der Waals surface area (Å²) in [6, 6.07) is 10.5. The van der Waals surface area contributed by atoms with E-state index >= 15 is 0 Å². The highest BCUT2D eigenvalue weighted by molar-refractivity contribution is 6.59. The first-order chi connectivity index (χ1) is 11.0. The highest BCUT2D eigenvalue weighted by Gasteiger charge is 2.19. The average Bonchev–Trinajstić information content (AvgIpc) is 2.54. The molecule has 0 aromatic heterocycles. The third-order valence-electron chi connectivity index (χ3n) is 3.56. The van der Waals surface area contributed by atoms with Gasteiger partial charge in [0.2, 0.25) is 0 Å². The lowest BCUT2D eigenvalue weighted by Crippen LogP contribution is -2.31. The Balaban J connectivity index is 2.36. The number of rotatable bonds is 6. The van der Waals surface area contributed by atoms with Gasteiger partial charge in [-0.25, -0.2) is 0 Å². The molecule has 0 saturated carbocycles. The predicted octanol–water partition coefficient (Wildman–Crippen LogP) is 2.30. The van der Waals surface area contributed by atoms with Gasteiger partial charge >= 0.3 is 7.12 Å². The van der Waals surface area contributed by atoms with E-state index in [2.05, 4.69) is 0 Å². The van der Waals surface area contributed by atoms with Crippen molar-refractivity contribution in [1.82, 2.24) is 0 Å². The second-order valence-corrected chi connectivity index (χ2v) is 5.44. The zero-order chi connectivity index (χ0) is 17.0. The minimum atomic E-state index is -1.61. The lowest BCUT2D eigenvalue weighted by atomic mass is 9.78. The maximum absolute atomic E-state index is 9.60.